The molecule has 3 heterocycles. The Morgan fingerprint density at radius 1 is 1.23 bits per heavy atom. The lowest BCUT2D eigenvalue weighted by Crippen LogP contribution is -2.22. The Labute approximate surface area is 183 Å². The number of nitrogens with two attached hydrogens (primary N) is 1. The Bertz CT molecular complexity index is 1090. The van der Waals surface area contributed by atoms with Gasteiger partial charge in [0.05, 0.1) is 17.9 Å². The van der Waals surface area contributed by atoms with Gasteiger partial charge in [-0.05, 0) is 36.7 Å². The average Bonchev–Trinajstić information content (AvgIpc) is 2.99. The van der Waals surface area contributed by atoms with E-state index in [9.17, 15) is 4.79 Å². The minimum atomic E-state index is -1.12. The maximum absolute atomic E-state index is 12.0. The van der Waals surface area contributed by atoms with Gasteiger partial charge >= 0.3 is 0 Å². The molecule has 164 valence electrons. The maximum atomic E-state index is 12.0. The molecule has 0 radical (unpaired) electrons. The highest BCUT2D eigenvalue weighted by Crippen LogP contribution is 2.38. The van der Waals surface area contributed by atoms with Gasteiger partial charge in [0, 0.05) is 32.8 Å². The van der Waals surface area contributed by atoms with Gasteiger partial charge in [-0.3, -0.25) is 4.79 Å². The number of hydrogen-bond acceptors (Lipinski definition) is 5. The van der Waals surface area contributed by atoms with Crippen LogP contribution in [0.3, 0.4) is 0 Å². The van der Waals surface area contributed by atoms with E-state index in [1.165, 1.54) is 0 Å². The second-order valence-electron chi connectivity index (χ2n) is 9.09. The molecule has 8 heteroatoms. The topological polar surface area (TPSA) is 82.6 Å². The first-order valence-electron chi connectivity index (χ1n) is 10.7. The molecule has 0 spiro atoms. The smallest absolute Gasteiger partial charge is 0.250 e. The fraction of sp³-hybridized carbons (Fsp3) is 0.391. The van der Waals surface area contributed by atoms with Crippen molar-refractivity contribution in [3.63, 3.8) is 0 Å². The Morgan fingerprint density at radius 2 is 2.03 bits per heavy atom. The summed E-state index contributed by atoms with van der Waals surface area (Å²) in [5, 5.41) is 1.000. The van der Waals surface area contributed by atoms with Crippen LogP contribution in [0.15, 0.2) is 42.6 Å². The molecule has 0 unspecified atom stereocenters. The van der Waals surface area contributed by atoms with Crippen LogP contribution in [0.5, 0.6) is 5.88 Å². The molecule has 0 saturated carbocycles. The molecule has 0 saturated heterocycles. The molecular weight excluding hydrogens is 408 g/mol. The summed E-state index contributed by atoms with van der Waals surface area (Å²) < 4.78 is 13.9. The summed E-state index contributed by atoms with van der Waals surface area (Å²) in [7, 11) is -1.12. The Kier molecular flexibility index (Phi) is 6.02. The molecular formula is C23H30N4O3Si. The van der Waals surface area contributed by atoms with Gasteiger partial charge in [-0.2, -0.15) is 4.98 Å². The molecule has 2 N–H and O–H groups in total. The van der Waals surface area contributed by atoms with E-state index in [4.69, 9.17) is 20.2 Å². The van der Waals surface area contributed by atoms with Crippen LogP contribution in [0.2, 0.25) is 25.7 Å². The summed E-state index contributed by atoms with van der Waals surface area (Å²) in [6.45, 7) is 9.54. The Morgan fingerprint density at radius 3 is 2.81 bits per heavy atom. The molecule has 2 aromatic heterocycles. The standard InChI is InChI=1S/C23H30N4O3Si/c1-31(2,3)14-13-29-16-26-11-9-17-15-20-23(25-22(17)26)30-12-6-10-27(20)19-8-5-4-7-18(19)21(24)28/h4-5,7-9,11,15H,6,10,12-14,16H2,1-3H3,(H2,24,28). The number of hydrogen-bond donors (Lipinski definition) is 1. The van der Waals surface area contributed by atoms with E-state index >= 15 is 0 Å². The van der Waals surface area contributed by atoms with Gasteiger partial charge < -0.3 is 24.7 Å². The number of carbonyl (C=O) groups excluding carboxylic acids is 1. The van der Waals surface area contributed by atoms with E-state index < -0.39 is 14.0 Å². The number of pyridine rings is 1. The summed E-state index contributed by atoms with van der Waals surface area (Å²) in [4.78, 5) is 18.9. The van der Waals surface area contributed by atoms with Crippen molar-refractivity contribution in [3.8, 4) is 5.88 Å². The summed E-state index contributed by atoms with van der Waals surface area (Å²) in [6, 6.07) is 12.6. The zero-order valence-corrected chi connectivity index (χ0v) is 19.4. The number of para-hydroxylation sites is 1. The monoisotopic (exact) mass is 438 g/mol. The van der Waals surface area contributed by atoms with Gasteiger partial charge in [-0.1, -0.05) is 31.8 Å². The van der Waals surface area contributed by atoms with Crippen molar-refractivity contribution < 1.29 is 14.3 Å². The highest BCUT2D eigenvalue weighted by Gasteiger charge is 2.24. The SMILES string of the molecule is C[Si](C)(C)CCOCn1ccc2cc3c(nc21)OCCCN3c1ccccc1C(N)=O. The second-order valence-corrected chi connectivity index (χ2v) is 14.7. The van der Waals surface area contributed by atoms with Crippen LogP contribution in [-0.4, -0.2) is 43.3 Å². The summed E-state index contributed by atoms with van der Waals surface area (Å²) in [6.07, 6.45) is 2.81. The van der Waals surface area contributed by atoms with Crippen LogP contribution in [0.4, 0.5) is 11.4 Å². The van der Waals surface area contributed by atoms with Crippen LogP contribution in [0, 0.1) is 0 Å². The molecule has 31 heavy (non-hydrogen) atoms. The van der Waals surface area contributed by atoms with Crippen molar-refractivity contribution in [1.82, 2.24) is 9.55 Å². The molecule has 1 aliphatic heterocycles. The van der Waals surface area contributed by atoms with Gasteiger partial charge in [0.25, 0.3) is 5.91 Å². The van der Waals surface area contributed by atoms with E-state index in [1.807, 2.05) is 35.0 Å². The van der Waals surface area contributed by atoms with Crippen LogP contribution in [0.1, 0.15) is 16.8 Å². The van der Waals surface area contributed by atoms with Crippen molar-refractivity contribution >= 4 is 36.4 Å². The first-order valence-corrected chi connectivity index (χ1v) is 14.4. The molecule has 0 bridgehead atoms. The number of nitrogens with zero attached hydrogens (tertiary/aromatic N) is 3. The third-order valence-corrected chi connectivity index (χ3v) is 7.13. The third-order valence-electron chi connectivity index (χ3n) is 5.43. The lowest BCUT2D eigenvalue weighted by atomic mass is 10.1. The molecule has 0 aliphatic carbocycles. The number of rotatable bonds is 7. The second kappa shape index (κ2) is 8.72. The van der Waals surface area contributed by atoms with Crippen LogP contribution in [-0.2, 0) is 11.5 Å². The fourth-order valence-corrected chi connectivity index (χ4v) is 4.47. The fourth-order valence-electron chi connectivity index (χ4n) is 3.71. The number of anilines is 2. The van der Waals surface area contributed by atoms with Crippen molar-refractivity contribution in [3.05, 3.63) is 48.2 Å². The lowest BCUT2D eigenvalue weighted by Gasteiger charge is -2.25. The molecule has 1 aromatic carbocycles. The van der Waals surface area contributed by atoms with E-state index in [0.717, 1.165) is 41.5 Å². The average molecular weight is 439 g/mol. The number of fused-ring (bicyclic) bond motifs is 2. The van der Waals surface area contributed by atoms with Gasteiger partial charge in [0.1, 0.15) is 18.1 Å². The number of amides is 1. The number of aromatic nitrogens is 2. The van der Waals surface area contributed by atoms with Crippen LogP contribution in [0.25, 0.3) is 11.0 Å². The highest BCUT2D eigenvalue weighted by atomic mass is 28.3. The predicted octanol–water partition coefficient (Wildman–Crippen LogP) is 4.37. The number of ether oxygens (including phenoxy) is 2. The quantitative estimate of drug-likeness (QED) is 0.438. The summed E-state index contributed by atoms with van der Waals surface area (Å²) in [5.74, 6) is 0.115. The normalized spacial score (nSPS) is 14.2. The Balaban J connectivity index is 1.66. The predicted molar refractivity (Wildman–Crippen MR) is 126 cm³/mol. The zero-order chi connectivity index (χ0) is 22.0. The van der Waals surface area contributed by atoms with Gasteiger partial charge in [-0.15, -0.1) is 0 Å². The van der Waals surface area contributed by atoms with E-state index in [0.29, 0.717) is 31.3 Å². The third kappa shape index (κ3) is 4.75. The molecule has 4 rings (SSSR count). The first kappa shape index (κ1) is 21.4. The van der Waals surface area contributed by atoms with E-state index in [2.05, 4.69) is 30.6 Å². The molecule has 1 amide bonds. The summed E-state index contributed by atoms with van der Waals surface area (Å²) in [5.41, 5.74) is 8.57. The van der Waals surface area contributed by atoms with Gasteiger partial charge in [0.2, 0.25) is 5.88 Å². The molecule has 7 nitrogen and oxygen atoms in total. The number of benzene rings is 1. The highest BCUT2D eigenvalue weighted by molar-refractivity contribution is 6.76. The Hall–Kier alpha value is -2.84. The summed E-state index contributed by atoms with van der Waals surface area (Å²) >= 11 is 0. The number of primary amides is 1. The van der Waals surface area contributed by atoms with Crippen molar-refractivity contribution in [2.45, 2.75) is 38.8 Å². The van der Waals surface area contributed by atoms with Gasteiger partial charge in [0.15, 0.2) is 0 Å². The molecule has 1 aliphatic rings. The molecule has 0 fully saturated rings. The number of carbonyl (C=O) groups is 1. The minimum absolute atomic E-state index is 0.446. The van der Waals surface area contributed by atoms with Crippen molar-refractivity contribution in [2.75, 3.05) is 24.7 Å². The van der Waals surface area contributed by atoms with Crippen molar-refractivity contribution in [1.29, 1.82) is 0 Å². The van der Waals surface area contributed by atoms with Crippen LogP contribution >= 0.6 is 0 Å². The largest absolute Gasteiger partial charge is 0.476 e. The van der Waals surface area contributed by atoms with E-state index in [1.54, 1.807) is 6.07 Å². The van der Waals surface area contributed by atoms with E-state index in [-0.39, 0.29) is 0 Å². The lowest BCUT2D eigenvalue weighted by molar-refractivity contribution is 0.0898. The maximum Gasteiger partial charge on any atom is 0.250 e. The van der Waals surface area contributed by atoms with Crippen LogP contribution < -0.4 is 15.4 Å². The zero-order valence-electron chi connectivity index (χ0n) is 18.4. The minimum Gasteiger partial charge on any atom is -0.476 e. The first-order chi connectivity index (χ1) is 14.8. The van der Waals surface area contributed by atoms with Gasteiger partial charge in [-0.25, -0.2) is 0 Å². The molecule has 0 atom stereocenters. The van der Waals surface area contributed by atoms with Crippen molar-refractivity contribution in [2.24, 2.45) is 5.73 Å². The molecule has 3 aromatic rings.